The third-order valence-corrected chi connectivity index (χ3v) is 3.39. The number of nitrogens with two attached hydrogens (primary N) is 1. The molecule has 120 valence electrons. The van der Waals surface area contributed by atoms with Gasteiger partial charge in [-0.05, 0) is 24.6 Å². The Morgan fingerprint density at radius 3 is 2.57 bits per heavy atom. The molecule has 0 aliphatic carbocycles. The maximum Gasteiger partial charge on any atom is 0.141 e. The summed E-state index contributed by atoms with van der Waals surface area (Å²) in [6.07, 6.45) is 1.06. The second kappa shape index (κ2) is 11.1. The lowest BCUT2D eigenvalue weighted by Crippen LogP contribution is -2.85. The van der Waals surface area contributed by atoms with Crippen LogP contribution in [0.1, 0.15) is 12.0 Å². The van der Waals surface area contributed by atoms with E-state index >= 15 is 0 Å². The molecule has 2 N–H and O–H groups in total. The molecule has 1 aromatic carbocycles. The molecule has 6 heteroatoms. The van der Waals surface area contributed by atoms with Crippen LogP contribution in [0.15, 0.2) is 12.1 Å². The molecular formula is C15H24Cl2NO3+. The van der Waals surface area contributed by atoms with Gasteiger partial charge < -0.3 is 19.5 Å². The van der Waals surface area contributed by atoms with Crippen molar-refractivity contribution < 1.29 is 19.5 Å². The molecular weight excluding hydrogens is 313 g/mol. The third-order valence-electron chi connectivity index (χ3n) is 2.89. The summed E-state index contributed by atoms with van der Waals surface area (Å²) in [6, 6.07) is 3.51. The van der Waals surface area contributed by atoms with Crippen LogP contribution in [0.2, 0.25) is 10.0 Å². The first-order valence-electron chi connectivity index (χ1n) is 7.12. The largest absolute Gasteiger partial charge is 0.489 e. The van der Waals surface area contributed by atoms with E-state index in [4.69, 9.17) is 37.4 Å². The molecule has 0 unspecified atom stereocenters. The predicted molar refractivity (Wildman–Crippen MR) is 85.7 cm³/mol. The first-order valence-corrected chi connectivity index (χ1v) is 7.87. The van der Waals surface area contributed by atoms with Crippen LogP contribution in [0.5, 0.6) is 5.75 Å². The van der Waals surface area contributed by atoms with Gasteiger partial charge >= 0.3 is 0 Å². The predicted octanol–water partition coefficient (Wildman–Crippen LogP) is 2.30. The molecule has 0 saturated heterocycles. The van der Waals surface area contributed by atoms with Crippen molar-refractivity contribution in [3.63, 3.8) is 0 Å². The van der Waals surface area contributed by atoms with E-state index in [0.717, 1.165) is 31.7 Å². The molecule has 0 heterocycles. The van der Waals surface area contributed by atoms with E-state index in [2.05, 4.69) is 5.32 Å². The second-order valence-electron chi connectivity index (χ2n) is 4.71. The van der Waals surface area contributed by atoms with E-state index in [1.165, 1.54) is 0 Å². The number of methoxy groups -OCH3 is 1. The monoisotopic (exact) mass is 336 g/mol. The molecule has 0 saturated carbocycles. The van der Waals surface area contributed by atoms with Crippen molar-refractivity contribution in [1.29, 1.82) is 0 Å². The highest BCUT2D eigenvalue weighted by atomic mass is 35.5. The molecule has 0 radical (unpaired) electrons. The van der Waals surface area contributed by atoms with Gasteiger partial charge in [0.1, 0.15) is 12.4 Å². The van der Waals surface area contributed by atoms with Gasteiger partial charge in [-0.15, -0.1) is 0 Å². The molecule has 0 bridgehead atoms. The Hall–Kier alpha value is -0.520. The van der Waals surface area contributed by atoms with Crippen LogP contribution in [0.25, 0.3) is 0 Å². The Labute approximate surface area is 136 Å². The number of benzene rings is 1. The Bertz CT molecular complexity index is 393. The fraction of sp³-hybridized carbons (Fsp3) is 0.600. The summed E-state index contributed by atoms with van der Waals surface area (Å²) in [5.74, 6) is 0.677. The minimum absolute atomic E-state index is 0.478. The Kier molecular flexibility index (Phi) is 9.79. The van der Waals surface area contributed by atoms with Gasteiger partial charge in [0.2, 0.25) is 0 Å². The summed E-state index contributed by atoms with van der Waals surface area (Å²) in [7, 11) is 1.72. The first kappa shape index (κ1) is 18.5. The zero-order valence-corrected chi connectivity index (χ0v) is 14.2. The molecule has 0 fully saturated rings. The number of rotatable bonds is 11. The van der Waals surface area contributed by atoms with Crippen molar-refractivity contribution in [1.82, 2.24) is 0 Å². The molecule has 1 aromatic rings. The summed E-state index contributed by atoms with van der Waals surface area (Å²) in [6.45, 7) is 6.48. The lowest BCUT2D eigenvalue weighted by atomic mass is 10.2. The quantitative estimate of drug-likeness (QED) is 0.630. The van der Waals surface area contributed by atoms with Crippen LogP contribution in [-0.2, 0) is 9.47 Å². The van der Waals surface area contributed by atoms with Gasteiger partial charge in [0, 0.05) is 18.6 Å². The summed E-state index contributed by atoms with van der Waals surface area (Å²) in [4.78, 5) is 0. The normalized spacial score (nSPS) is 10.9. The van der Waals surface area contributed by atoms with Gasteiger partial charge in [-0.1, -0.05) is 23.2 Å². The minimum Gasteiger partial charge on any atom is -0.489 e. The van der Waals surface area contributed by atoms with Crippen LogP contribution >= 0.6 is 23.2 Å². The van der Waals surface area contributed by atoms with Crippen LogP contribution < -0.4 is 10.1 Å². The average molecular weight is 337 g/mol. The molecule has 0 amide bonds. The lowest BCUT2D eigenvalue weighted by molar-refractivity contribution is -0.656. The van der Waals surface area contributed by atoms with Crippen molar-refractivity contribution >= 4 is 23.2 Å². The number of hydrogen-bond donors (Lipinski definition) is 1. The number of ether oxygens (including phenoxy) is 3. The van der Waals surface area contributed by atoms with Crippen LogP contribution in [-0.4, -0.2) is 46.6 Å². The van der Waals surface area contributed by atoms with Crippen molar-refractivity contribution in [2.24, 2.45) is 0 Å². The van der Waals surface area contributed by atoms with E-state index in [1.807, 2.05) is 13.0 Å². The summed E-state index contributed by atoms with van der Waals surface area (Å²) in [5.41, 5.74) is 0.930. The zero-order valence-electron chi connectivity index (χ0n) is 12.7. The number of halogens is 2. The third kappa shape index (κ3) is 7.88. The van der Waals surface area contributed by atoms with Gasteiger partial charge in [-0.2, -0.15) is 0 Å². The zero-order chi connectivity index (χ0) is 15.5. The lowest BCUT2D eigenvalue weighted by Gasteiger charge is -2.11. The van der Waals surface area contributed by atoms with Crippen molar-refractivity contribution in [2.75, 3.05) is 46.6 Å². The van der Waals surface area contributed by atoms with Crippen molar-refractivity contribution in [2.45, 2.75) is 13.3 Å². The maximum absolute atomic E-state index is 6.09. The molecule has 0 aromatic heterocycles. The molecule has 1 rings (SSSR count). The SMILES string of the molecule is COCCC[NH2+]CCOCCOc1c(C)cc(Cl)cc1Cl. The standard InChI is InChI=1S/C15H23Cl2NO3/c1-12-10-13(16)11-14(17)15(12)21-9-8-20-7-5-18-4-3-6-19-2/h10-11,18H,3-9H2,1-2H3/p+1. The van der Waals surface area contributed by atoms with Gasteiger partial charge in [-0.3, -0.25) is 0 Å². The van der Waals surface area contributed by atoms with Crippen LogP contribution in [0.4, 0.5) is 0 Å². The van der Waals surface area contributed by atoms with E-state index in [0.29, 0.717) is 35.6 Å². The maximum atomic E-state index is 6.09. The van der Waals surface area contributed by atoms with Gasteiger partial charge in [-0.25, -0.2) is 0 Å². The van der Waals surface area contributed by atoms with Gasteiger partial charge in [0.15, 0.2) is 0 Å². The van der Waals surface area contributed by atoms with E-state index in [1.54, 1.807) is 13.2 Å². The Morgan fingerprint density at radius 2 is 1.86 bits per heavy atom. The molecule has 0 spiro atoms. The highest BCUT2D eigenvalue weighted by Crippen LogP contribution is 2.31. The van der Waals surface area contributed by atoms with Crippen LogP contribution in [0, 0.1) is 6.92 Å². The highest BCUT2D eigenvalue weighted by Gasteiger charge is 2.07. The Morgan fingerprint density at radius 1 is 1.05 bits per heavy atom. The first-order chi connectivity index (χ1) is 10.1. The Balaban J connectivity index is 2.07. The smallest absolute Gasteiger partial charge is 0.141 e. The molecule has 0 atom stereocenters. The van der Waals surface area contributed by atoms with Crippen molar-refractivity contribution in [3.8, 4) is 5.75 Å². The number of aryl methyl sites for hydroxylation is 1. The molecule has 0 aliphatic heterocycles. The molecule has 0 aliphatic rings. The van der Waals surface area contributed by atoms with E-state index in [-0.39, 0.29) is 0 Å². The highest BCUT2D eigenvalue weighted by molar-refractivity contribution is 6.35. The van der Waals surface area contributed by atoms with Gasteiger partial charge in [0.25, 0.3) is 0 Å². The summed E-state index contributed by atoms with van der Waals surface area (Å²) in [5, 5.41) is 3.37. The number of quaternary nitrogens is 1. The van der Waals surface area contributed by atoms with Gasteiger partial charge in [0.05, 0.1) is 37.9 Å². The average Bonchev–Trinajstić information content (AvgIpc) is 2.43. The topological polar surface area (TPSA) is 44.3 Å². The fourth-order valence-electron chi connectivity index (χ4n) is 1.86. The summed E-state index contributed by atoms with van der Waals surface area (Å²) < 4.78 is 16.1. The van der Waals surface area contributed by atoms with E-state index in [9.17, 15) is 0 Å². The van der Waals surface area contributed by atoms with Crippen LogP contribution in [0.3, 0.4) is 0 Å². The van der Waals surface area contributed by atoms with E-state index < -0.39 is 0 Å². The van der Waals surface area contributed by atoms with Crippen molar-refractivity contribution in [3.05, 3.63) is 27.7 Å². The molecule has 4 nitrogen and oxygen atoms in total. The minimum atomic E-state index is 0.478. The second-order valence-corrected chi connectivity index (χ2v) is 5.55. The fourth-order valence-corrected chi connectivity index (χ4v) is 2.51. The molecule has 21 heavy (non-hydrogen) atoms. The number of hydrogen-bond acceptors (Lipinski definition) is 3. The summed E-state index contributed by atoms with van der Waals surface area (Å²) >= 11 is 12.0.